The number of benzene rings is 2. The first-order chi connectivity index (χ1) is 9.49. The molecule has 0 aliphatic rings. The van der Waals surface area contributed by atoms with Crippen molar-refractivity contribution in [3.63, 3.8) is 0 Å². The van der Waals surface area contributed by atoms with Gasteiger partial charge in [-0.15, -0.1) is 0 Å². The summed E-state index contributed by atoms with van der Waals surface area (Å²) in [6.07, 6.45) is 0.426. The summed E-state index contributed by atoms with van der Waals surface area (Å²) in [5.41, 5.74) is 6.30. The third-order valence-corrected chi connectivity index (χ3v) is 3.01. The van der Waals surface area contributed by atoms with Gasteiger partial charge in [0.15, 0.2) is 23.1 Å². The normalized spacial score (nSPS) is 12.2. The third-order valence-electron chi connectivity index (χ3n) is 2.72. The highest BCUT2D eigenvalue weighted by Crippen LogP contribution is 2.32. The second kappa shape index (κ2) is 6.20. The van der Waals surface area contributed by atoms with Gasteiger partial charge in [-0.25, -0.2) is 8.78 Å². The third kappa shape index (κ3) is 3.26. The predicted molar refractivity (Wildman–Crippen MR) is 75.2 cm³/mol. The molecule has 0 fully saturated rings. The number of ether oxygens (including phenoxy) is 1. The number of rotatable bonds is 4. The fourth-order valence-corrected chi connectivity index (χ4v) is 2.01. The minimum atomic E-state index is -0.718. The summed E-state index contributed by atoms with van der Waals surface area (Å²) >= 11 is 5.68. The van der Waals surface area contributed by atoms with Crippen LogP contribution < -0.4 is 10.5 Å². The van der Waals surface area contributed by atoms with Gasteiger partial charge >= 0.3 is 0 Å². The Morgan fingerprint density at radius 1 is 1.20 bits per heavy atom. The standard InChI is InChI=1S/C15H14ClF2NO/c1-9(19)8-10-4-2-6-12(17)15(10)20-13-7-3-5-11(16)14(13)18/h2-7,9H,8,19H2,1H3. The van der Waals surface area contributed by atoms with Crippen molar-refractivity contribution in [2.75, 3.05) is 0 Å². The van der Waals surface area contributed by atoms with Crippen molar-refractivity contribution in [2.24, 2.45) is 5.73 Å². The van der Waals surface area contributed by atoms with Gasteiger partial charge in [0.25, 0.3) is 0 Å². The quantitative estimate of drug-likeness (QED) is 0.913. The van der Waals surface area contributed by atoms with Gasteiger partial charge in [-0.3, -0.25) is 0 Å². The summed E-state index contributed by atoms with van der Waals surface area (Å²) in [7, 11) is 0. The molecule has 2 rings (SSSR count). The number of hydrogen-bond donors (Lipinski definition) is 1. The Morgan fingerprint density at radius 3 is 2.60 bits per heavy atom. The lowest BCUT2D eigenvalue weighted by molar-refractivity contribution is 0.409. The fraction of sp³-hybridized carbons (Fsp3) is 0.200. The van der Waals surface area contributed by atoms with Gasteiger partial charge in [-0.05, 0) is 37.1 Å². The van der Waals surface area contributed by atoms with Gasteiger partial charge in [-0.1, -0.05) is 29.8 Å². The van der Waals surface area contributed by atoms with Crippen LogP contribution in [0.1, 0.15) is 12.5 Å². The molecule has 0 bridgehead atoms. The van der Waals surface area contributed by atoms with Crippen molar-refractivity contribution in [1.29, 1.82) is 0 Å². The van der Waals surface area contributed by atoms with E-state index in [-0.39, 0.29) is 22.6 Å². The smallest absolute Gasteiger partial charge is 0.184 e. The fourth-order valence-electron chi connectivity index (χ4n) is 1.85. The molecule has 1 atom stereocenters. The minimum absolute atomic E-state index is 0.0223. The SMILES string of the molecule is CC(N)Cc1cccc(F)c1Oc1cccc(Cl)c1F. The molecule has 0 aromatic heterocycles. The van der Waals surface area contributed by atoms with E-state index in [0.717, 1.165) is 0 Å². The Hall–Kier alpha value is -1.65. The van der Waals surface area contributed by atoms with Gasteiger partial charge in [0.1, 0.15) is 0 Å². The summed E-state index contributed by atoms with van der Waals surface area (Å²) < 4.78 is 33.1. The lowest BCUT2D eigenvalue weighted by atomic mass is 10.1. The maximum absolute atomic E-state index is 13.9. The van der Waals surface area contributed by atoms with Gasteiger partial charge in [0.2, 0.25) is 0 Å². The molecule has 0 heterocycles. The molecule has 0 spiro atoms. The monoisotopic (exact) mass is 297 g/mol. The highest BCUT2D eigenvalue weighted by atomic mass is 35.5. The van der Waals surface area contributed by atoms with E-state index in [0.29, 0.717) is 12.0 Å². The first-order valence-electron chi connectivity index (χ1n) is 6.14. The van der Waals surface area contributed by atoms with Crippen LogP contribution in [0.15, 0.2) is 36.4 Å². The largest absolute Gasteiger partial charge is 0.451 e. The molecule has 0 saturated carbocycles. The van der Waals surface area contributed by atoms with Gasteiger partial charge in [-0.2, -0.15) is 0 Å². The van der Waals surface area contributed by atoms with Crippen LogP contribution in [0.4, 0.5) is 8.78 Å². The van der Waals surface area contributed by atoms with Crippen molar-refractivity contribution >= 4 is 11.6 Å². The zero-order valence-corrected chi connectivity index (χ0v) is 11.6. The summed E-state index contributed by atoms with van der Waals surface area (Å²) in [6, 6.07) is 8.67. The molecular weight excluding hydrogens is 284 g/mol. The molecule has 0 aliphatic heterocycles. The first-order valence-corrected chi connectivity index (χ1v) is 6.51. The Kier molecular flexibility index (Phi) is 4.57. The van der Waals surface area contributed by atoms with Gasteiger partial charge in [0, 0.05) is 6.04 Å². The summed E-state index contributed by atoms with van der Waals surface area (Å²) in [4.78, 5) is 0. The Labute approximate surface area is 121 Å². The molecule has 0 aliphatic carbocycles. The van der Waals surface area contributed by atoms with Crippen molar-refractivity contribution in [1.82, 2.24) is 0 Å². The van der Waals surface area contributed by atoms with E-state index in [1.54, 1.807) is 19.1 Å². The van der Waals surface area contributed by atoms with Crippen LogP contribution in [-0.4, -0.2) is 6.04 Å². The molecule has 0 radical (unpaired) electrons. The van der Waals surface area contributed by atoms with Crippen LogP contribution in [0.25, 0.3) is 0 Å². The molecule has 2 aromatic rings. The topological polar surface area (TPSA) is 35.2 Å². The second-order valence-electron chi connectivity index (χ2n) is 4.56. The molecule has 106 valence electrons. The summed E-state index contributed by atoms with van der Waals surface area (Å²) in [6.45, 7) is 1.80. The van der Waals surface area contributed by atoms with Crippen LogP contribution in [0.2, 0.25) is 5.02 Å². The van der Waals surface area contributed by atoms with Crippen molar-refractivity contribution in [3.8, 4) is 11.5 Å². The van der Waals surface area contributed by atoms with Gasteiger partial charge < -0.3 is 10.5 Å². The molecule has 2 nitrogen and oxygen atoms in total. The lowest BCUT2D eigenvalue weighted by Crippen LogP contribution is -2.18. The zero-order chi connectivity index (χ0) is 14.7. The molecule has 0 saturated heterocycles. The van der Waals surface area contributed by atoms with E-state index in [1.165, 1.54) is 24.3 Å². The van der Waals surface area contributed by atoms with Crippen LogP contribution in [-0.2, 0) is 6.42 Å². The molecule has 2 aromatic carbocycles. The van der Waals surface area contributed by atoms with E-state index < -0.39 is 11.6 Å². The number of para-hydroxylation sites is 1. The number of halogens is 3. The Morgan fingerprint density at radius 2 is 1.90 bits per heavy atom. The van der Waals surface area contributed by atoms with Gasteiger partial charge in [0.05, 0.1) is 5.02 Å². The maximum atomic E-state index is 13.9. The summed E-state index contributed by atoms with van der Waals surface area (Å²) in [5.74, 6) is -1.42. The highest BCUT2D eigenvalue weighted by molar-refractivity contribution is 6.30. The van der Waals surface area contributed by atoms with E-state index in [9.17, 15) is 8.78 Å². The number of hydrogen-bond acceptors (Lipinski definition) is 2. The van der Waals surface area contributed by atoms with E-state index in [2.05, 4.69) is 0 Å². The van der Waals surface area contributed by atoms with Crippen LogP contribution >= 0.6 is 11.6 Å². The average molecular weight is 298 g/mol. The molecule has 1 unspecified atom stereocenters. The van der Waals surface area contributed by atoms with Crippen LogP contribution in [0.5, 0.6) is 11.5 Å². The number of nitrogens with two attached hydrogens (primary N) is 1. The van der Waals surface area contributed by atoms with Crippen molar-refractivity contribution < 1.29 is 13.5 Å². The zero-order valence-electron chi connectivity index (χ0n) is 10.9. The second-order valence-corrected chi connectivity index (χ2v) is 4.97. The maximum Gasteiger partial charge on any atom is 0.184 e. The summed E-state index contributed by atoms with van der Waals surface area (Å²) in [5, 5.41) is -0.0763. The van der Waals surface area contributed by atoms with Crippen molar-refractivity contribution in [3.05, 3.63) is 58.6 Å². The minimum Gasteiger partial charge on any atom is -0.451 e. The van der Waals surface area contributed by atoms with E-state index in [1.807, 2.05) is 0 Å². The molecule has 0 amide bonds. The van der Waals surface area contributed by atoms with Crippen LogP contribution in [0, 0.1) is 11.6 Å². The molecule has 2 N–H and O–H groups in total. The average Bonchev–Trinajstić information content (AvgIpc) is 2.38. The lowest BCUT2D eigenvalue weighted by Gasteiger charge is -2.14. The van der Waals surface area contributed by atoms with Crippen LogP contribution in [0.3, 0.4) is 0 Å². The Bertz CT molecular complexity index is 617. The van der Waals surface area contributed by atoms with E-state index >= 15 is 0 Å². The highest BCUT2D eigenvalue weighted by Gasteiger charge is 2.15. The van der Waals surface area contributed by atoms with E-state index in [4.69, 9.17) is 22.1 Å². The first kappa shape index (κ1) is 14.8. The predicted octanol–water partition coefficient (Wildman–Crippen LogP) is 4.30. The molecular formula is C15H14ClF2NO. The van der Waals surface area contributed by atoms with Crippen molar-refractivity contribution in [2.45, 2.75) is 19.4 Å². The molecule has 5 heteroatoms. The molecule has 20 heavy (non-hydrogen) atoms. The Balaban J connectivity index is 2.40.